The minimum Gasteiger partial charge on any atom is -0.385 e. The Morgan fingerprint density at radius 3 is 2.48 bits per heavy atom. The van der Waals surface area contributed by atoms with Crippen molar-refractivity contribution in [3.05, 3.63) is 57.8 Å². The van der Waals surface area contributed by atoms with E-state index in [1.165, 1.54) is 4.88 Å². The standard InChI is InChI=1S/C17H21NO2S/c1-3-14-9-10-15(21-14)12-18-16(19)11-17(2,20)13-7-5-4-6-8-13/h4-10,20H,3,11-12H2,1-2H3,(H,18,19). The summed E-state index contributed by atoms with van der Waals surface area (Å²) in [7, 11) is 0. The van der Waals surface area contributed by atoms with Crippen LogP contribution in [0.2, 0.25) is 0 Å². The SMILES string of the molecule is CCc1ccc(CNC(=O)CC(C)(O)c2ccccc2)s1. The molecule has 0 aliphatic heterocycles. The van der Waals surface area contributed by atoms with Gasteiger partial charge in [0.05, 0.1) is 18.6 Å². The molecule has 1 heterocycles. The van der Waals surface area contributed by atoms with Gasteiger partial charge in [0.25, 0.3) is 0 Å². The number of hydrogen-bond acceptors (Lipinski definition) is 3. The van der Waals surface area contributed by atoms with Gasteiger partial charge in [-0.25, -0.2) is 0 Å². The normalized spacial score (nSPS) is 13.7. The van der Waals surface area contributed by atoms with Crippen LogP contribution < -0.4 is 5.32 Å². The molecule has 1 amide bonds. The van der Waals surface area contributed by atoms with Crippen LogP contribution in [0.4, 0.5) is 0 Å². The molecule has 0 radical (unpaired) electrons. The summed E-state index contributed by atoms with van der Waals surface area (Å²) in [6.07, 6.45) is 1.07. The molecule has 1 unspecified atom stereocenters. The second kappa shape index (κ2) is 6.87. The first-order chi connectivity index (χ1) is 10.0. The Hall–Kier alpha value is -1.65. The molecule has 3 nitrogen and oxygen atoms in total. The van der Waals surface area contributed by atoms with Gasteiger partial charge in [0, 0.05) is 9.75 Å². The maximum absolute atomic E-state index is 12.0. The zero-order chi connectivity index (χ0) is 15.3. The largest absolute Gasteiger partial charge is 0.385 e. The minimum absolute atomic E-state index is 0.0586. The third-order valence-electron chi connectivity index (χ3n) is 3.43. The van der Waals surface area contributed by atoms with Crippen molar-refractivity contribution in [1.82, 2.24) is 5.32 Å². The van der Waals surface area contributed by atoms with Crippen LogP contribution in [0, 0.1) is 0 Å². The smallest absolute Gasteiger partial charge is 0.223 e. The number of carbonyl (C=O) groups excluding carboxylic acids is 1. The number of amides is 1. The van der Waals surface area contributed by atoms with E-state index in [0.717, 1.165) is 16.9 Å². The second-order valence-electron chi connectivity index (χ2n) is 5.31. The molecule has 0 aliphatic rings. The fraction of sp³-hybridized carbons (Fsp3) is 0.353. The van der Waals surface area contributed by atoms with Crippen LogP contribution in [-0.4, -0.2) is 11.0 Å². The molecule has 0 bridgehead atoms. The first-order valence-corrected chi connectivity index (χ1v) is 7.95. The Morgan fingerprint density at radius 1 is 1.19 bits per heavy atom. The zero-order valence-corrected chi connectivity index (χ0v) is 13.2. The fourth-order valence-corrected chi connectivity index (χ4v) is 3.07. The first kappa shape index (κ1) is 15.7. The lowest BCUT2D eigenvalue weighted by molar-refractivity contribution is -0.126. The molecule has 1 aromatic carbocycles. The number of benzene rings is 1. The Morgan fingerprint density at radius 2 is 1.86 bits per heavy atom. The predicted octanol–water partition coefficient (Wildman–Crippen LogP) is 3.22. The van der Waals surface area contributed by atoms with Gasteiger partial charge in [-0.2, -0.15) is 0 Å². The third-order valence-corrected chi connectivity index (χ3v) is 4.66. The van der Waals surface area contributed by atoms with Crippen molar-refractivity contribution < 1.29 is 9.90 Å². The Bertz CT molecular complexity index is 590. The summed E-state index contributed by atoms with van der Waals surface area (Å²) in [5.41, 5.74) is -0.389. The van der Waals surface area contributed by atoms with Gasteiger partial charge in [-0.1, -0.05) is 37.3 Å². The summed E-state index contributed by atoms with van der Waals surface area (Å²) in [6, 6.07) is 13.4. The van der Waals surface area contributed by atoms with Gasteiger partial charge >= 0.3 is 0 Å². The van der Waals surface area contributed by atoms with E-state index in [1.54, 1.807) is 18.3 Å². The number of rotatable bonds is 6. The molecule has 4 heteroatoms. The van der Waals surface area contributed by atoms with Crippen molar-refractivity contribution >= 4 is 17.2 Å². The summed E-state index contributed by atoms with van der Waals surface area (Å²) in [6.45, 7) is 4.31. The van der Waals surface area contributed by atoms with Crippen LogP contribution in [0.15, 0.2) is 42.5 Å². The second-order valence-corrected chi connectivity index (χ2v) is 6.57. The molecule has 0 saturated heterocycles. The van der Waals surface area contributed by atoms with Crippen molar-refractivity contribution in [2.75, 3.05) is 0 Å². The maximum atomic E-state index is 12.0. The third kappa shape index (κ3) is 4.41. The van der Waals surface area contributed by atoms with Crippen LogP contribution in [-0.2, 0) is 23.4 Å². The average Bonchev–Trinajstić information content (AvgIpc) is 2.94. The Kier molecular flexibility index (Phi) is 5.15. The topological polar surface area (TPSA) is 49.3 Å². The number of aliphatic hydroxyl groups is 1. The molecule has 0 spiro atoms. The van der Waals surface area contributed by atoms with Crippen LogP contribution in [0.5, 0.6) is 0 Å². The summed E-state index contributed by atoms with van der Waals surface area (Å²) < 4.78 is 0. The summed E-state index contributed by atoms with van der Waals surface area (Å²) in [5, 5.41) is 13.3. The summed E-state index contributed by atoms with van der Waals surface area (Å²) >= 11 is 1.71. The van der Waals surface area contributed by atoms with Crippen LogP contribution in [0.3, 0.4) is 0 Å². The number of aryl methyl sites for hydroxylation is 1. The quantitative estimate of drug-likeness (QED) is 0.861. The van der Waals surface area contributed by atoms with E-state index < -0.39 is 5.60 Å². The van der Waals surface area contributed by atoms with Gasteiger partial charge in [-0.3, -0.25) is 4.79 Å². The van der Waals surface area contributed by atoms with Crippen molar-refractivity contribution in [3.8, 4) is 0 Å². The number of thiophene rings is 1. The molecule has 21 heavy (non-hydrogen) atoms. The van der Waals surface area contributed by atoms with Crippen molar-refractivity contribution in [2.24, 2.45) is 0 Å². The lowest BCUT2D eigenvalue weighted by Crippen LogP contribution is -2.32. The number of nitrogens with one attached hydrogen (secondary N) is 1. The number of hydrogen-bond donors (Lipinski definition) is 2. The average molecular weight is 303 g/mol. The summed E-state index contributed by atoms with van der Waals surface area (Å²) in [5.74, 6) is -0.143. The number of carbonyl (C=O) groups is 1. The van der Waals surface area contributed by atoms with Crippen LogP contribution in [0.25, 0.3) is 0 Å². The van der Waals surface area contributed by atoms with Crippen LogP contribution in [0.1, 0.15) is 35.6 Å². The molecule has 2 N–H and O–H groups in total. The van der Waals surface area contributed by atoms with Gasteiger partial charge < -0.3 is 10.4 Å². The zero-order valence-electron chi connectivity index (χ0n) is 12.4. The molecule has 0 saturated carbocycles. The van der Waals surface area contributed by atoms with Gasteiger partial charge in [-0.05, 0) is 31.0 Å². The van der Waals surface area contributed by atoms with E-state index in [0.29, 0.717) is 6.54 Å². The molecule has 2 rings (SSSR count). The van der Waals surface area contributed by atoms with Crippen molar-refractivity contribution in [1.29, 1.82) is 0 Å². The highest BCUT2D eigenvalue weighted by Gasteiger charge is 2.26. The molecule has 2 aromatic rings. The van der Waals surface area contributed by atoms with E-state index in [1.807, 2.05) is 36.4 Å². The lowest BCUT2D eigenvalue weighted by Gasteiger charge is -2.23. The van der Waals surface area contributed by atoms with Crippen molar-refractivity contribution in [3.63, 3.8) is 0 Å². The minimum atomic E-state index is -1.14. The van der Waals surface area contributed by atoms with Gasteiger partial charge in [0.15, 0.2) is 0 Å². The molecule has 0 aliphatic carbocycles. The van der Waals surface area contributed by atoms with E-state index in [9.17, 15) is 9.90 Å². The highest BCUT2D eigenvalue weighted by atomic mass is 32.1. The maximum Gasteiger partial charge on any atom is 0.223 e. The highest BCUT2D eigenvalue weighted by molar-refractivity contribution is 7.11. The lowest BCUT2D eigenvalue weighted by atomic mass is 9.92. The molecule has 0 fully saturated rings. The highest BCUT2D eigenvalue weighted by Crippen LogP contribution is 2.24. The fourth-order valence-electron chi connectivity index (χ4n) is 2.17. The molecule has 1 aromatic heterocycles. The molecule has 112 valence electrons. The molecular formula is C17H21NO2S. The van der Waals surface area contributed by atoms with Gasteiger partial charge in [0.1, 0.15) is 0 Å². The van der Waals surface area contributed by atoms with E-state index >= 15 is 0 Å². The monoisotopic (exact) mass is 303 g/mol. The van der Waals surface area contributed by atoms with Crippen molar-refractivity contribution in [2.45, 2.75) is 38.8 Å². The predicted molar refractivity (Wildman–Crippen MR) is 86.2 cm³/mol. The Balaban J connectivity index is 1.89. The molecular weight excluding hydrogens is 282 g/mol. The van der Waals surface area contributed by atoms with E-state index in [2.05, 4.69) is 18.3 Å². The van der Waals surface area contributed by atoms with Gasteiger partial charge in [0.2, 0.25) is 5.91 Å². The van der Waals surface area contributed by atoms with Gasteiger partial charge in [-0.15, -0.1) is 11.3 Å². The summed E-state index contributed by atoms with van der Waals surface area (Å²) in [4.78, 5) is 14.5. The first-order valence-electron chi connectivity index (χ1n) is 7.13. The van der Waals surface area contributed by atoms with E-state index in [-0.39, 0.29) is 12.3 Å². The Labute approximate surface area is 129 Å². The van der Waals surface area contributed by atoms with Crippen LogP contribution >= 0.6 is 11.3 Å². The molecule has 1 atom stereocenters. The van der Waals surface area contributed by atoms with E-state index in [4.69, 9.17) is 0 Å².